The van der Waals surface area contributed by atoms with Gasteiger partial charge in [0.25, 0.3) is 0 Å². The lowest BCUT2D eigenvalue weighted by molar-refractivity contribution is -0.327. The third kappa shape index (κ3) is 12.1. The first-order valence-corrected chi connectivity index (χ1v) is 19.2. The molecule has 4 aliphatic heterocycles. The van der Waals surface area contributed by atoms with E-state index in [9.17, 15) is 24.6 Å². The third-order valence-electron chi connectivity index (χ3n) is 10.6. The van der Waals surface area contributed by atoms with Gasteiger partial charge in [0.15, 0.2) is 12.4 Å². The minimum atomic E-state index is -2.21. The fourth-order valence-electron chi connectivity index (χ4n) is 7.45. The third-order valence-corrected chi connectivity index (χ3v) is 10.6. The molecule has 0 unspecified atom stereocenters. The number of ether oxygens (including phenoxy) is 7. The maximum absolute atomic E-state index is 13.3. The molecule has 290 valence electrons. The van der Waals surface area contributed by atoms with Gasteiger partial charge in [-0.1, -0.05) is 52.5 Å². The molecule has 12 nitrogen and oxygen atoms in total. The minimum absolute atomic E-state index is 0.00601. The molecular formula is C39H62O12. The highest BCUT2D eigenvalue weighted by Gasteiger charge is 2.57. The molecule has 0 spiro atoms. The molecular weight excluding hydrogens is 660 g/mol. The highest BCUT2D eigenvalue weighted by molar-refractivity contribution is 5.83. The van der Waals surface area contributed by atoms with Crippen LogP contribution in [0.1, 0.15) is 130 Å². The van der Waals surface area contributed by atoms with E-state index in [1.54, 1.807) is 26.0 Å². The first kappa shape index (κ1) is 41.4. The Kier molecular flexibility index (Phi) is 16.0. The van der Waals surface area contributed by atoms with E-state index in [1.165, 1.54) is 20.1 Å². The van der Waals surface area contributed by atoms with E-state index in [4.69, 9.17) is 33.2 Å². The SMILES string of the molecule is CCCCCCCC(=O)O[C@H]1/C(=C/C(=O)OC)C[C@H]2C[C@H]([C@@H](C)O)OC(=O)CCC[C@@H]3CCC[C@H](C[C@@H]4CCO[C@H](/C=C/C(C)(C)[C@]1(O)O2)O4)O3. The van der Waals surface area contributed by atoms with Crippen LogP contribution in [-0.4, -0.2) is 96.6 Å². The lowest BCUT2D eigenvalue weighted by Crippen LogP contribution is -2.62. The molecule has 3 saturated heterocycles. The number of aliphatic hydroxyl groups is 2. The number of unbranched alkanes of at least 4 members (excludes halogenated alkanes) is 4. The number of fused-ring (bicyclic) bond motifs is 6. The van der Waals surface area contributed by atoms with Gasteiger partial charge in [-0.2, -0.15) is 0 Å². The molecule has 2 N–H and O–H groups in total. The van der Waals surface area contributed by atoms with E-state index in [1.807, 2.05) is 0 Å². The normalized spacial score (nSPS) is 35.5. The van der Waals surface area contributed by atoms with E-state index < -0.39 is 59.8 Å². The number of methoxy groups -OCH3 is 1. The van der Waals surface area contributed by atoms with Crippen molar-refractivity contribution in [2.24, 2.45) is 5.41 Å². The Morgan fingerprint density at radius 3 is 2.47 bits per heavy atom. The molecule has 0 radical (unpaired) electrons. The van der Waals surface area contributed by atoms with Crippen LogP contribution in [0.3, 0.4) is 0 Å². The second kappa shape index (κ2) is 19.6. The molecule has 0 saturated carbocycles. The van der Waals surface area contributed by atoms with Gasteiger partial charge in [0.2, 0.25) is 5.79 Å². The quantitative estimate of drug-likeness (QED) is 0.0980. The van der Waals surface area contributed by atoms with E-state index in [0.29, 0.717) is 19.4 Å². The van der Waals surface area contributed by atoms with Crippen LogP contribution in [0.25, 0.3) is 0 Å². The summed E-state index contributed by atoms with van der Waals surface area (Å²) >= 11 is 0. The van der Waals surface area contributed by atoms with E-state index in [-0.39, 0.29) is 49.6 Å². The Morgan fingerprint density at radius 2 is 1.73 bits per heavy atom. The van der Waals surface area contributed by atoms with Crippen molar-refractivity contribution in [1.29, 1.82) is 0 Å². The van der Waals surface area contributed by atoms with Crippen LogP contribution in [0.2, 0.25) is 0 Å². The summed E-state index contributed by atoms with van der Waals surface area (Å²) < 4.78 is 42.0. The molecule has 0 aromatic carbocycles. The van der Waals surface area contributed by atoms with Gasteiger partial charge in [0.05, 0.1) is 44.2 Å². The number of aliphatic hydroxyl groups excluding tert-OH is 1. The van der Waals surface area contributed by atoms with Gasteiger partial charge in [-0.25, -0.2) is 4.79 Å². The van der Waals surface area contributed by atoms with E-state index in [2.05, 4.69) is 6.92 Å². The average Bonchev–Trinajstić information content (AvgIpc) is 3.08. The lowest BCUT2D eigenvalue weighted by Gasteiger charge is -2.51. The predicted octanol–water partition coefficient (Wildman–Crippen LogP) is 5.74. The average molecular weight is 723 g/mol. The van der Waals surface area contributed by atoms with Gasteiger partial charge in [0, 0.05) is 30.8 Å². The monoisotopic (exact) mass is 722 g/mol. The molecule has 0 amide bonds. The Morgan fingerprint density at radius 1 is 1.00 bits per heavy atom. The zero-order valence-corrected chi connectivity index (χ0v) is 31.3. The standard InChI is InChI=1S/C39H62O12/c1-6-7-8-9-10-16-34(42)50-37-27(23-35(43)45-5)22-31-25-32(26(2)40)49-33(41)17-12-14-28-13-11-15-29(47-28)24-30-19-21-46-36(48-30)18-20-38(3,4)39(37,44)51-31/h18,20,23,26,28-32,36-37,40,44H,6-17,19,21-22,24-25H2,1-5H3/b20-18+,27-23+/t26-,28+,29-,30+,31+,32-,36+,37+,39-/m1/s1. The summed E-state index contributed by atoms with van der Waals surface area (Å²) in [7, 11) is 1.24. The lowest BCUT2D eigenvalue weighted by atomic mass is 9.74. The number of hydrogen-bond acceptors (Lipinski definition) is 12. The molecule has 0 aliphatic carbocycles. The largest absolute Gasteiger partial charge is 0.466 e. The van der Waals surface area contributed by atoms with Crippen LogP contribution in [0.15, 0.2) is 23.8 Å². The molecule has 9 atom stereocenters. The predicted molar refractivity (Wildman–Crippen MR) is 187 cm³/mol. The molecule has 0 aromatic rings. The summed E-state index contributed by atoms with van der Waals surface area (Å²) in [6.45, 7) is 7.62. The number of carbonyl (C=O) groups excluding carboxylic acids is 3. The summed E-state index contributed by atoms with van der Waals surface area (Å²) in [5, 5.41) is 23.4. The summed E-state index contributed by atoms with van der Waals surface area (Å²) in [6, 6.07) is 0. The number of rotatable bonds is 9. The van der Waals surface area contributed by atoms with Crippen molar-refractivity contribution in [3.05, 3.63) is 23.8 Å². The summed E-state index contributed by atoms with van der Waals surface area (Å²) in [5.74, 6) is -3.88. The van der Waals surface area contributed by atoms with Gasteiger partial charge in [0.1, 0.15) is 6.10 Å². The van der Waals surface area contributed by atoms with Gasteiger partial charge < -0.3 is 43.4 Å². The van der Waals surface area contributed by atoms with E-state index in [0.717, 1.165) is 64.2 Å². The minimum Gasteiger partial charge on any atom is -0.466 e. The second-order valence-electron chi connectivity index (χ2n) is 15.2. The number of carbonyl (C=O) groups is 3. The zero-order chi connectivity index (χ0) is 37.0. The molecule has 6 bridgehead atoms. The maximum atomic E-state index is 13.3. The number of esters is 3. The van der Waals surface area contributed by atoms with Crippen molar-refractivity contribution in [2.45, 2.75) is 185 Å². The summed E-state index contributed by atoms with van der Waals surface area (Å²) in [5.41, 5.74) is -0.972. The Hall–Kier alpha value is -2.35. The number of hydrogen-bond donors (Lipinski definition) is 2. The molecule has 4 rings (SSSR count). The van der Waals surface area contributed by atoms with Crippen molar-refractivity contribution >= 4 is 17.9 Å². The second-order valence-corrected chi connectivity index (χ2v) is 15.2. The summed E-state index contributed by atoms with van der Waals surface area (Å²) in [6.07, 6.45) is 10.4. The highest BCUT2D eigenvalue weighted by atomic mass is 16.7. The van der Waals surface area contributed by atoms with Crippen molar-refractivity contribution in [3.8, 4) is 0 Å². The zero-order valence-electron chi connectivity index (χ0n) is 31.3. The van der Waals surface area contributed by atoms with Gasteiger partial charge in [-0.05, 0) is 76.4 Å². The topological polar surface area (TPSA) is 156 Å². The van der Waals surface area contributed by atoms with Crippen molar-refractivity contribution in [2.75, 3.05) is 13.7 Å². The van der Waals surface area contributed by atoms with Crippen LogP contribution >= 0.6 is 0 Å². The van der Waals surface area contributed by atoms with Crippen LogP contribution in [0.5, 0.6) is 0 Å². The fourth-order valence-corrected chi connectivity index (χ4v) is 7.45. The first-order chi connectivity index (χ1) is 24.3. The van der Waals surface area contributed by atoms with Crippen molar-refractivity contribution in [1.82, 2.24) is 0 Å². The Balaban J connectivity index is 1.68. The van der Waals surface area contributed by atoms with Crippen LogP contribution in [0.4, 0.5) is 0 Å². The van der Waals surface area contributed by atoms with E-state index >= 15 is 0 Å². The number of cyclic esters (lactones) is 1. The van der Waals surface area contributed by atoms with Gasteiger partial charge in [-0.15, -0.1) is 0 Å². The molecule has 51 heavy (non-hydrogen) atoms. The van der Waals surface area contributed by atoms with Crippen LogP contribution in [-0.2, 0) is 47.5 Å². The summed E-state index contributed by atoms with van der Waals surface area (Å²) in [4.78, 5) is 39.0. The molecule has 0 aromatic heterocycles. The van der Waals surface area contributed by atoms with Gasteiger partial charge >= 0.3 is 17.9 Å². The fraction of sp³-hybridized carbons (Fsp3) is 0.821. The smallest absolute Gasteiger partial charge is 0.330 e. The maximum Gasteiger partial charge on any atom is 0.330 e. The molecule has 12 heteroatoms. The van der Waals surface area contributed by atoms with Crippen molar-refractivity contribution in [3.63, 3.8) is 0 Å². The van der Waals surface area contributed by atoms with Crippen molar-refractivity contribution < 1.29 is 57.8 Å². The molecule has 4 heterocycles. The van der Waals surface area contributed by atoms with Crippen LogP contribution in [0, 0.1) is 5.41 Å². The highest BCUT2D eigenvalue weighted by Crippen LogP contribution is 2.47. The molecule has 3 fully saturated rings. The first-order valence-electron chi connectivity index (χ1n) is 19.2. The van der Waals surface area contributed by atoms with Crippen LogP contribution < -0.4 is 0 Å². The van der Waals surface area contributed by atoms with Gasteiger partial charge in [-0.3, -0.25) is 9.59 Å². The Bertz CT molecular complexity index is 1200. The molecule has 4 aliphatic rings. The Labute approximate surface area is 303 Å².